The molecule has 0 saturated carbocycles. The van der Waals surface area contributed by atoms with Crippen LogP contribution >= 0.6 is 0 Å². The van der Waals surface area contributed by atoms with Crippen molar-refractivity contribution in [2.75, 3.05) is 13.1 Å². The summed E-state index contributed by atoms with van der Waals surface area (Å²) in [6.07, 6.45) is 2.78. The molecule has 0 bridgehead atoms. The SMILES string of the molecule is O=C(O)[C@@H]1CC=C2CNC3CN1C23. The standard InChI is InChI=1S/C9H12N2O2/c12-9(13)7-2-1-5-3-10-6-4-11(7)8(5)6/h1,6-8,10H,2-4H2,(H,12,13)/t6?,7-,8?/m0/s1. The molecule has 3 heterocycles. The van der Waals surface area contributed by atoms with Gasteiger partial charge in [-0.1, -0.05) is 6.08 Å². The van der Waals surface area contributed by atoms with E-state index in [1.54, 1.807) is 0 Å². The molecule has 3 rings (SSSR count). The van der Waals surface area contributed by atoms with E-state index in [0.29, 0.717) is 18.5 Å². The molecule has 0 amide bonds. The van der Waals surface area contributed by atoms with Crippen LogP contribution < -0.4 is 5.32 Å². The summed E-state index contributed by atoms with van der Waals surface area (Å²) in [5, 5.41) is 12.3. The molecule has 3 aliphatic heterocycles. The molecule has 3 atom stereocenters. The lowest BCUT2D eigenvalue weighted by molar-refractivity contribution is -0.147. The molecule has 0 aromatic rings. The predicted molar refractivity (Wildman–Crippen MR) is 46.4 cm³/mol. The average Bonchev–Trinajstić information content (AvgIpc) is 2.40. The van der Waals surface area contributed by atoms with E-state index in [4.69, 9.17) is 5.11 Å². The number of nitrogens with one attached hydrogen (secondary N) is 1. The summed E-state index contributed by atoms with van der Waals surface area (Å²) >= 11 is 0. The topological polar surface area (TPSA) is 52.6 Å². The summed E-state index contributed by atoms with van der Waals surface area (Å²) in [5.74, 6) is -0.680. The third-order valence-electron chi connectivity index (χ3n) is 3.38. The first-order valence-corrected chi connectivity index (χ1v) is 4.68. The van der Waals surface area contributed by atoms with Crippen molar-refractivity contribution < 1.29 is 9.90 Å². The largest absolute Gasteiger partial charge is 0.480 e. The summed E-state index contributed by atoms with van der Waals surface area (Å²) in [4.78, 5) is 13.0. The van der Waals surface area contributed by atoms with Gasteiger partial charge in [-0.05, 0) is 12.0 Å². The summed E-state index contributed by atoms with van der Waals surface area (Å²) in [5.41, 5.74) is 1.40. The zero-order valence-corrected chi connectivity index (χ0v) is 7.23. The minimum absolute atomic E-state index is 0.273. The van der Waals surface area contributed by atoms with Gasteiger partial charge in [0.25, 0.3) is 0 Å². The Kier molecular flexibility index (Phi) is 1.35. The number of rotatable bonds is 1. The predicted octanol–water partition coefficient (Wildman–Crippen LogP) is -0.574. The second-order valence-corrected chi connectivity index (χ2v) is 4.00. The molecular formula is C9H12N2O2. The van der Waals surface area contributed by atoms with Crippen LogP contribution in [0.15, 0.2) is 11.6 Å². The van der Waals surface area contributed by atoms with Crippen LogP contribution in [-0.2, 0) is 4.79 Å². The number of carbonyl (C=O) groups is 1. The van der Waals surface area contributed by atoms with Gasteiger partial charge in [0, 0.05) is 25.2 Å². The van der Waals surface area contributed by atoms with Gasteiger partial charge in [0.2, 0.25) is 0 Å². The fraction of sp³-hybridized carbons (Fsp3) is 0.667. The van der Waals surface area contributed by atoms with Crippen molar-refractivity contribution in [3.05, 3.63) is 11.6 Å². The van der Waals surface area contributed by atoms with Gasteiger partial charge in [-0.25, -0.2) is 0 Å². The molecule has 3 aliphatic rings. The van der Waals surface area contributed by atoms with E-state index < -0.39 is 5.97 Å². The number of nitrogens with zero attached hydrogens (tertiary/aromatic N) is 1. The average molecular weight is 180 g/mol. The fourth-order valence-corrected chi connectivity index (χ4v) is 2.69. The van der Waals surface area contributed by atoms with Gasteiger partial charge in [0.1, 0.15) is 6.04 Å². The molecule has 70 valence electrons. The van der Waals surface area contributed by atoms with Gasteiger partial charge in [-0.2, -0.15) is 0 Å². The molecule has 0 radical (unpaired) electrons. The van der Waals surface area contributed by atoms with Crippen molar-refractivity contribution in [2.24, 2.45) is 0 Å². The van der Waals surface area contributed by atoms with E-state index in [-0.39, 0.29) is 6.04 Å². The molecule has 0 aromatic heterocycles. The maximum Gasteiger partial charge on any atom is 0.321 e. The van der Waals surface area contributed by atoms with Crippen LogP contribution in [0.2, 0.25) is 0 Å². The Morgan fingerprint density at radius 2 is 2.54 bits per heavy atom. The minimum Gasteiger partial charge on any atom is -0.480 e. The Morgan fingerprint density at radius 1 is 1.69 bits per heavy atom. The Hall–Kier alpha value is -0.870. The Morgan fingerprint density at radius 3 is 3.31 bits per heavy atom. The number of hydrogen-bond acceptors (Lipinski definition) is 3. The van der Waals surface area contributed by atoms with Crippen molar-refractivity contribution >= 4 is 5.97 Å². The molecule has 4 heteroatoms. The fourth-order valence-electron chi connectivity index (χ4n) is 2.69. The molecule has 0 spiro atoms. The van der Waals surface area contributed by atoms with Crippen molar-refractivity contribution in [3.63, 3.8) is 0 Å². The number of carboxylic acids is 1. The van der Waals surface area contributed by atoms with Gasteiger partial charge < -0.3 is 10.4 Å². The van der Waals surface area contributed by atoms with Crippen LogP contribution in [0.4, 0.5) is 0 Å². The highest BCUT2D eigenvalue weighted by Gasteiger charge is 2.51. The van der Waals surface area contributed by atoms with E-state index >= 15 is 0 Å². The van der Waals surface area contributed by atoms with E-state index in [2.05, 4.69) is 16.3 Å². The van der Waals surface area contributed by atoms with Gasteiger partial charge in [0.05, 0.1) is 0 Å². The van der Waals surface area contributed by atoms with Crippen molar-refractivity contribution in [1.82, 2.24) is 10.2 Å². The highest BCUT2D eigenvalue weighted by molar-refractivity contribution is 5.74. The second-order valence-electron chi connectivity index (χ2n) is 4.00. The van der Waals surface area contributed by atoms with E-state index in [1.165, 1.54) is 5.57 Å². The molecule has 2 saturated heterocycles. The molecule has 13 heavy (non-hydrogen) atoms. The Bertz CT molecular complexity index is 298. The maximum absolute atomic E-state index is 10.9. The van der Waals surface area contributed by atoms with Gasteiger partial charge in [0.15, 0.2) is 0 Å². The summed E-state index contributed by atoms with van der Waals surface area (Å²) in [7, 11) is 0. The molecule has 2 fully saturated rings. The van der Waals surface area contributed by atoms with Crippen LogP contribution in [0.3, 0.4) is 0 Å². The van der Waals surface area contributed by atoms with Gasteiger partial charge in [-0.3, -0.25) is 9.69 Å². The highest BCUT2D eigenvalue weighted by atomic mass is 16.4. The maximum atomic E-state index is 10.9. The zero-order valence-electron chi connectivity index (χ0n) is 7.23. The molecule has 0 aliphatic carbocycles. The molecular weight excluding hydrogens is 168 g/mol. The lowest BCUT2D eigenvalue weighted by atomic mass is 9.86. The first-order valence-electron chi connectivity index (χ1n) is 4.68. The lowest BCUT2D eigenvalue weighted by Crippen LogP contribution is -2.67. The Labute approximate surface area is 76.2 Å². The minimum atomic E-state index is -0.680. The quantitative estimate of drug-likeness (QED) is 0.530. The first kappa shape index (κ1) is 7.53. The molecule has 4 nitrogen and oxygen atoms in total. The zero-order chi connectivity index (χ0) is 9.00. The van der Waals surface area contributed by atoms with E-state index in [0.717, 1.165) is 13.1 Å². The van der Waals surface area contributed by atoms with Crippen LogP contribution in [0, 0.1) is 0 Å². The molecule has 2 N–H and O–H groups in total. The van der Waals surface area contributed by atoms with Crippen molar-refractivity contribution in [2.45, 2.75) is 24.5 Å². The monoisotopic (exact) mass is 180 g/mol. The summed E-state index contributed by atoms with van der Waals surface area (Å²) in [6, 6.07) is 0.646. The highest BCUT2D eigenvalue weighted by Crippen LogP contribution is 2.36. The smallest absolute Gasteiger partial charge is 0.321 e. The molecule has 2 unspecified atom stereocenters. The number of carboxylic acid groups (broad SMARTS) is 1. The van der Waals surface area contributed by atoms with E-state index in [9.17, 15) is 4.79 Å². The number of hydrogen-bond donors (Lipinski definition) is 2. The first-order chi connectivity index (χ1) is 6.27. The second kappa shape index (κ2) is 2.33. The normalized spacial score (nSPS) is 42.2. The third kappa shape index (κ3) is 0.845. The van der Waals surface area contributed by atoms with Gasteiger partial charge in [-0.15, -0.1) is 0 Å². The summed E-state index contributed by atoms with van der Waals surface area (Å²) < 4.78 is 0. The van der Waals surface area contributed by atoms with Gasteiger partial charge >= 0.3 is 5.97 Å². The Balaban J connectivity index is 1.91. The lowest BCUT2D eigenvalue weighted by Gasteiger charge is -2.49. The number of aliphatic carboxylic acids is 1. The van der Waals surface area contributed by atoms with E-state index in [1.807, 2.05) is 0 Å². The van der Waals surface area contributed by atoms with Crippen LogP contribution in [0.25, 0.3) is 0 Å². The third-order valence-corrected chi connectivity index (χ3v) is 3.38. The summed E-state index contributed by atoms with van der Waals surface area (Å²) in [6.45, 7) is 1.86. The van der Waals surface area contributed by atoms with Crippen LogP contribution in [0.1, 0.15) is 6.42 Å². The van der Waals surface area contributed by atoms with Crippen LogP contribution in [0.5, 0.6) is 0 Å². The molecule has 0 aromatic carbocycles. The van der Waals surface area contributed by atoms with Crippen LogP contribution in [-0.4, -0.2) is 47.2 Å². The van der Waals surface area contributed by atoms with Crippen molar-refractivity contribution in [1.29, 1.82) is 0 Å². The van der Waals surface area contributed by atoms with Crippen molar-refractivity contribution in [3.8, 4) is 0 Å².